The molecule has 2 rings (SSSR count). The minimum absolute atomic E-state index is 0.0203. The highest BCUT2D eigenvalue weighted by Crippen LogP contribution is 2.39. The Morgan fingerprint density at radius 2 is 2.32 bits per heavy atom. The van der Waals surface area contributed by atoms with Gasteiger partial charge >= 0.3 is 5.97 Å². The van der Waals surface area contributed by atoms with Crippen LogP contribution in [0.5, 0.6) is 0 Å². The summed E-state index contributed by atoms with van der Waals surface area (Å²) in [4.78, 5) is 23.3. The van der Waals surface area contributed by atoms with Gasteiger partial charge in [0.15, 0.2) is 5.69 Å². The number of carbonyl (C=O) groups is 2. The summed E-state index contributed by atoms with van der Waals surface area (Å²) in [6.07, 6.45) is 3.07. The van der Waals surface area contributed by atoms with Crippen molar-refractivity contribution in [2.45, 2.75) is 31.8 Å². The molecule has 1 fully saturated rings. The number of nitrogens with one attached hydrogen (secondary N) is 1. The number of aromatic nitrogens is 3. The Labute approximate surface area is 110 Å². The normalized spacial score (nSPS) is 17.8. The topological polar surface area (TPSA) is 123 Å². The van der Waals surface area contributed by atoms with E-state index in [1.54, 1.807) is 0 Å². The molecule has 0 spiro atoms. The van der Waals surface area contributed by atoms with E-state index in [1.165, 1.54) is 17.8 Å². The van der Waals surface area contributed by atoms with Gasteiger partial charge in [-0.05, 0) is 25.7 Å². The second-order valence-corrected chi connectivity index (χ2v) is 4.89. The summed E-state index contributed by atoms with van der Waals surface area (Å²) in [6, 6.07) is 0. The molecule has 0 radical (unpaired) electrons. The maximum atomic E-state index is 12.0. The Balaban J connectivity index is 2.08. The van der Waals surface area contributed by atoms with Crippen molar-refractivity contribution in [2.24, 2.45) is 11.7 Å². The minimum atomic E-state index is -1.24. The van der Waals surface area contributed by atoms with Gasteiger partial charge in [-0.2, -0.15) is 0 Å². The Morgan fingerprint density at radius 1 is 1.63 bits per heavy atom. The molecule has 0 bridgehead atoms. The molecule has 0 saturated heterocycles. The third-order valence-electron chi connectivity index (χ3n) is 3.34. The first kappa shape index (κ1) is 13.5. The molecule has 1 saturated carbocycles. The molecular weight excluding hydrogens is 250 g/mol. The van der Waals surface area contributed by atoms with Gasteiger partial charge in [-0.15, -0.1) is 5.10 Å². The SMILES string of the molecule is CC(NC(=O)c1cn(CCN)nn1)(C(=O)O)C1CC1. The van der Waals surface area contributed by atoms with Crippen LogP contribution in [-0.2, 0) is 11.3 Å². The lowest BCUT2D eigenvalue weighted by atomic mass is 9.96. The van der Waals surface area contributed by atoms with Crippen molar-refractivity contribution in [3.05, 3.63) is 11.9 Å². The smallest absolute Gasteiger partial charge is 0.329 e. The summed E-state index contributed by atoms with van der Waals surface area (Å²) in [7, 11) is 0. The molecule has 1 amide bonds. The summed E-state index contributed by atoms with van der Waals surface area (Å²) in [5.41, 5.74) is 4.23. The van der Waals surface area contributed by atoms with Crippen molar-refractivity contribution >= 4 is 11.9 Å². The largest absolute Gasteiger partial charge is 0.480 e. The molecule has 1 heterocycles. The lowest BCUT2D eigenvalue weighted by molar-refractivity contribution is -0.144. The first-order valence-corrected chi connectivity index (χ1v) is 6.13. The van der Waals surface area contributed by atoms with E-state index in [9.17, 15) is 14.7 Å². The summed E-state index contributed by atoms with van der Waals surface area (Å²) in [5, 5.41) is 19.2. The van der Waals surface area contributed by atoms with E-state index in [0.717, 1.165) is 12.8 Å². The van der Waals surface area contributed by atoms with Crippen LogP contribution >= 0.6 is 0 Å². The van der Waals surface area contributed by atoms with Crippen LogP contribution in [0.15, 0.2) is 6.20 Å². The van der Waals surface area contributed by atoms with Crippen LogP contribution in [0, 0.1) is 5.92 Å². The number of carbonyl (C=O) groups excluding carboxylic acids is 1. The highest BCUT2D eigenvalue weighted by molar-refractivity contribution is 5.96. The van der Waals surface area contributed by atoms with Crippen molar-refractivity contribution in [2.75, 3.05) is 6.54 Å². The molecule has 1 unspecified atom stereocenters. The average molecular weight is 267 g/mol. The summed E-state index contributed by atoms with van der Waals surface area (Å²) < 4.78 is 1.45. The Kier molecular flexibility index (Phi) is 3.52. The molecule has 0 aromatic carbocycles. The summed E-state index contributed by atoms with van der Waals surface area (Å²) >= 11 is 0. The highest BCUT2D eigenvalue weighted by atomic mass is 16.4. The van der Waals surface area contributed by atoms with E-state index in [4.69, 9.17) is 5.73 Å². The first-order chi connectivity index (χ1) is 8.97. The lowest BCUT2D eigenvalue weighted by Crippen LogP contribution is -2.54. The summed E-state index contributed by atoms with van der Waals surface area (Å²) in [5.74, 6) is -1.58. The number of nitrogens with zero attached hydrogens (tertiary/aromatic N) is 3. The lowest BCUT2D eigenvalue weighted by Gasteiger charge is -2.25. The number of rotatable bonds is 6. The zero-order valence-electron chi connectivity index (χ0n) is 10.7. The maximum absolute atomic E-state index is 12.0. The van der Waals surface area contributed by atoms with Crippen molar-refractivity contribution in [1.82, 2.24) is 20.3 Å². The Hall–Kier alpha value is -1.96. The number of amides is 1. The fourth-order valence-corrected chi connectivity index (χ4v) is 1.93. The predicted octanol–water partition coefficient (Wildman–Crippen LogP) is -0.780. The Morgan fingerprint density at radius 3 is 2.84 bits per heavy atom. The predicted molar refractivity (Wildman–Crippen MR) is 65.3 cm³/mol. The van der Waals surface area contributed by atoms with Crippen LogP contribution in [0.3, 0.4) is 0 Å². The number of carboxylic acid groups (broad SMARTS) is 1. The van der Waals surface area contributed by atoms with Gasteiger partial charge in [-0.1, -0.05) is 5.21 Å². The molecule has 104 valence electrons. The van der Waals surface area contributed by atoms with Crippen molar-refractivity contribution in [3.8, 4) is 0 Å². The molecule has 1 aromatic rings. The van der Waals surface area contributed by atoms with Gasteiger partial charge in [0.05, 0.1) is 12.7 Å². The van der Waals surface area contributed by atoms with Crippen molar-refractivity contribution < 1.29 is 14.7 Å². The van der Waals surface area contributed by atoms with Gasteiger partial charge in [0.2, 0.25) is 0 Å². The third-order valence-corrected chi connectivity index (χ3v) is 3.34. The van der Waals surface area contributed by atoms with Crippen LogP contribution in [-0.4, -0.2) is 44.1 Å². The average Bonchev–Trinajstić information content (AvgIpc) is 3.10. The molecule has 4 N–H and O–H groups in total. The second kappa shape index (κ2) is 4.96. The van der Waals surface area contributed by atoms with Crippen molar-refractivity contribution in [1.29, 1.82) is 0 Å². The van der Waals surface area contributed by atoms with Gasteiger partial charge in [0.25, 0.3) is 5.91 Å². The second-order valence-electron chi connectivity index (χ2n) is 4.89. The molecule has 1 atom stereocenters. The quantitative estimate of drug-likeness (QED) is 0.621. The fraction of sp³-hybridized carbons (Fsp3) is 0.636. The highest BCUT2D eigenvalue weighted by Gasteiger charge is 2.48. The number of hydrogen-bond donors (Lipinski definition) is 3. The number of aliphatic carboxylic acids is 1. The third kappa shape index (κ3) is 2.73. The molecule has 8 nitrogen and oxygen atoms in total. The molecule has 0 aliphatic heterocycles. The number of carboxylic acids is 1. The van der Waals surface area contributed by atoms with Crippen LogP contribution in [0.25, 0.3) is 0 Å². The Bertz CT molecular complexity index is 496. The van der Waals surface area contributed by atoms with Crippen LogP contribution in [0.4, 0.5) is 0 Å². The van der Waals surface area contributed by atoms with Crippen LogP contribution in [0.1, 0.15) is 30.3 Å². The van der Waals surface area contributed by atoms with Crippen molar-refractivity contribution in [3.63, 3.8) is 0 Å². The molecule has 1 aliphatic rings. The van der Waals surface area contributed by atoms with E-state index in [0.29, 0.717) is 13.1 Å². The fourth-order valence-electron chi connectivity index (χ4n) is 1.93. The first-order valence-electron chi connectivity index (χ1n) is 6.13. The zero-order chi connectivity index (χ0) is 14.0. The van der Waals surface area contributed by atoms with E-state index in [1.807, 2.05) is 0 Å². The van der Waals surface area contributed by atoms with Crippen LogP contribution in [0.2, 0.25) is 0 Å². The molecule has 8 heteroatoms. The van der Waals surface area contributed by atoms with Gasteiger partial charge in [0, 0.05) is 6.54 Å². The molecule has 1 aromatic heterocycles. The number of nitrogens with two attached hydrogens (primary N) is 1. The van der Waals surface area contributed by atoms with Gasteiger partial charge in [0.1, 0.15) is 5.54 Å². The van der Waals surface area contributed by atoms with Gasteiger partial charge in [-0.25, -0.2) is 4.79 Å². The standard InChI is InChI=1S/C11H17N5O3/c1-11(10(18)19,7-2-3-7)13-9(17)8-6-16(5-4-12)15-14-8/h6-7H,2-5,12H2,1H3,(H,13,17)(H,18,19). The summed E-state index contributed by atoms with van der Waals surface area (Å²) in [6.45, 7) is 2.37. The number of hydrogen-bond acceptors (Lipinski definition) is 5. The van der Waals surface area contributed by atoms with Crippen LogP contribution < -0.4 is 11.1 Å². The van der Waals surface area contributed by atoms with E-state index >= 15 is 0 Å². The monoisotopic (exact) mass is 267 g/mol. The van der Waals surface area contributed by atoms with E-state index in [2.05, 4.69) is 15.6 Å². The molecular formula is C11H17N5O3. The minimum Gasteiger partial charge on any atom is -0.480 e. The maximum Gasteiger partial charge on any atom is 0.329 e. The van der Waals surface area contributed by atoms with E-state index < -0.39 is 17.4 Å². The van der Waals surface area contributed by atoms with E-state index in [-0.39, 0.29) is 11.6 Å². The molecule has 1 aliphatic carbocycles. The molecule has 19 heavy (non-hydrogen) atoms. The van der Waals surface area contributed by atoms with Gasteiger partial charge < -0.3 is 16.2 Å². The zero-order valence-corrected chi connectivity index (χ0v) is 10.7. The van der Waals surface area contributed by atoms with Gasteiger partial charge in [-0.3, -0.25) is 9.48 Å².